The summed E-state index contributed by atoms with van der Waals surface area (Å²) >= 11 is 1.12. The number of aromatic carboxylic acids is 1. The zero-order valence-corrected chi connectivity index (χ0v) is 18.0. The zero-order valence-electron chi connectivity index (χ0n) is 17.2. The Bertz CT molecular complexity index is 759. The third-order valence-corrected chi connectivity index (χ3v) is 5.84. The molecule has 1 aromatic heterocycles. The standard InChI is InChI=1S/C23H32N2O3S/c1-2-3-4-5-6-7-8-9-13-16-24-23(28)25-20-19(17-29-21(20)22(26)27)18-14-11-10-12-15-18/h10-12,14-15,17H,2-9,13,16H2,1H3,(H,26,27)(H2,24,25,28). The number of thiophene rings is 1. The Morgan fingerprint density at radius 1 is 0.931 bits per heavy atom. The van der Waals surface area contributed by atoms with Gasteiger partial charge < -0.3 is 15.7 Å². The lowest BCUT2D eigenvalue weighted by Gasteiger charge is -2.10. The fourth-order valence-corrected chi connectivity index (χ4v) is 4.13. The van der Waals surface area contributed by atoms with Crippen LogP contribution in [0.25, 0.3) is 11.1 Å². The van der Waals surface area contributed by atoms with Gasteiger partial charge in [0, 0.05) is 17.5 Å². The molecule has 5 nitrogen and oxygen atoms in total. The fourth-order valence-electron chi connectivity index (χ4n) is 3.26. The predicted molar refractivity (Wildman–Crippen MR) is 121 cm³/mol. The van der Waals surface area contributed by atoms with Crippen molar-refractivity contribution in [3.05, 3.63) is 40.6 Å². The van der Waals surface area contributed by atoms with E-state index in [1.807, 2.05) is 30.3 Å². The second-order valence-electron chi connectivity index (χ2n) is 7.23. The topological polar surface area (TPSA) is 78.4 Å². The normalized spacial score (nSPS) is 10.7. The highest BCUT2D eigenvalue weighted by Gasteiger charge is 2.20. The molecule has 0 fully saturated rings. The fraction of sp³-hybridized carbons (Fsp3) is 0.478. The number of urea groups is 1. The van der Waals surface area contributed by atoms with Crippen LogP contribution in [0.4, 0.5) is 10.5 Å². The van der Waals surface area contributed by atoms with Gasteiger partial charge in [0.15, 0.2) is 0 Å². The number of hydrogen-bond donors (Lipinski definition) is 3. The number of rotatable bonds is 13. The number of hydrogen-bond acceptors (Lipinski definition) is 3. The lowest BCUT2D eigenvalue weighted by molar-refractivity contribution is 0.0703. The molecule has 158 valence electrons. The van der Waals surface area contributed by atoms with Crippen molar-refractivity contribution in [2.75, 3.05) is 11.9 Å². The molecule has 2 rings (SSSR count). The molecule has 0 radical (unpaired) electrons. The molecule has 0 aliphatic carbocycles. The van der Waals surface area contributed by atoms with E-state index in [-0.39, 0.29) is 10.9 Å². The number of amides is 2. The molecule has 29 heavy (non-hydrogen) atoms. The Labute approximate surface area is 177 Å². The van der Waals surface area contributed by atoms with Crippen LogP contribution in [-0.4, -0.2) is 23.7 Å². The van der Waals surface area contributed by atoms with Gasteiger partial charge in [-0.15, -0.1) is 11.3 Å². The van der Waals surface area contributed by atoms with Crippen molar-refractivity contribution < 1.29 is 14.7 Å². The summed E-state index contributed by atoms with van der Waals surface area (Å²) in [4.78, 5) is 24.0. The molecule has 0 unspecified atom stereocenters. The minimum atomic E-state index is -1.04. The van der Waals surface area contributed by atoms with Gasteiger partial charge >= 0.3 is 12.0 Å². The van der Waals surface area contributed by atoms with Crippen molar-refractivity contribution in [3.63, 3.8) is 0 Å². The molecule has 0 atom stereocenters. The Hall–Kier alpha value is -2.34. The maximum absolute atomic E-state index is 12.3. The van der Waals surface area contributed by atoms with Gasteiger partial charge in [0.2, 0.25) is 0 Å². The molecular formula is C23H32N2O3S. The minimum Gasteiger partial charge on any atom is -0.477 e. The molecule has 2 amide bonds. The van der Waals surface area contributed by atoms with E-state index in [4.69, 9.17) is 0 Å². The van der Waals surface area contributed by atoms with Crippen LogP contribution in [0.15, 0.2) is 35.7 Å². The Kier molecular flexibility index (Phi) is 10.3. The molecule has 6 heteroatoms. The van der Waals surface area contributed by atoms with Gasteiger partial charge in [0.05, 0.1) is 5.69 Å². The van der Waals surface area contributed by atoms with E-state index in [2.05, 4.69) is 17.6 Å². The van der Waals surface area contributed by atoms with Gasteiger partial charge in [-0.05, 0) is 12.0 Å². The van der Waals surface area contributed by atoms with E-state index in [9.17, 15) is 14.7 Å². The molecule has 2 aromatic rings. The van der Waals surface area contributed by atoms with E-state index < -0.39 is 5.97 Å². The maximum atomic E-state index is 12.3. The highest BCUT2D eigenvalue weighted by Crippen LogP contribution is 2.36. The Morgan fingerprint density at radius 2 is 1.55 bits per heavy atom. The van der Waals surface area contributed by atoms with Crippen molar-refractivity contribution in [3.8, 4) is 11.1 Å². The summed E-state index contributed by atoms with van der Waals surface area (Å²) in [6, 6.07) is 9.13. The molecule has 0 bridgehead atoms. The summed E-state index contributed by atoms with van der Waals surface area (Å²) in [6.07, 6.45) is 11.1. The summed E-state index contributed by atoms with van der Waals surface area (Å²) in [5, 5.41) is 16.8. The average Bonchev–Trinajstić information content (AvgIpc) is 3.13. The first-order chi connectivity index (χ1) is 14.1. The quantitative estimate of drug-likeness (QED) is 0.315. The highest BCUT2D eigenvalue weighted by molar-refractivity contribution is 7.13. The summed E-state index contributed by atoms with van der Waals surface area (Å²) in [5.74, 6) is -1.04. The van der Waals surface area contributed by atoms with Gasteiger partial charge in [-0.2, -0.15) is 0 Å². The van der Waals surface area contributed by atoms with Gasteiger partial charge in [0.25, 0.3) is 0 Å². The third-order valence-electron chi connectivity index (χ3n) is 4.87. The molecule has 0 aliphatic rings. The first kappa shape index (κ1) is 22.9. The molecule has 1 aromatic carbocycles. The number of nitrogens with one attached hydrogen (secondary N) is 2. The van der Waals surface area contributed by atoms with Crippen LogP contribution in [0.2, 0.25) is 0 Å². The van der Waals surface area contributed by atoms with Crippen LogP contribution < -0.4 is 10.6 Å². The predicted octanol–water partition coefficient (Wildman–Crippen LogP) is 6.77. The van der Waals surface area contributed by atoms with Gasteiger partial charge in [-0.3, -0.25) is 0 Å². The highest BCUT2D eigenvalue weighted by atomic mass is 32.1. The van der Waals surface area contributed by atoms with E-state index in [0.29, 0.717) is 12.2 Å². The van der Waals surface area contributed by atoms with Crippen molar-refractivity contribution >= 4 is 29.0 Å². The minimum absolute atomic E-state index is 0.141. The average molecular weight is 417 g/mol. The number of carbonyl (C=O) groups is 2. The zero-order chi connectivity index (χ0) is 20.9. The van der Waals surface area contributed by atoms with Gasteiger partial charge in [-0.25, -0.2) is 9.59 Å². The lowest BCUT2D eigenvalue weighted by atomic mass is 10.1. The lowest BCUT2D eigenvalue weighted by Crippen LogP contribution is -2.30. The molecule has 0 spiro atoms. The monoisotopic (exact) mass is 416 g/mol. The second kappa shape index (κ2) is 13.0. The molecule has 0 aliphatic heterocycles. The van der Waals surface area contributed by atoms with E-state index >= 15 is 0 Å². The van der Waals surface area contributed by atoms with Crippen LogP contribution in [0.3, 0.4) is 0 Å². The number of unbranched alkanes of at least 4 members (excludes halogenated alkanes) is 8. The molecule has 3 N–H and O–H groups in total. The third kappa shape index (κ3) is 7.89. The van der Waals surface area contributed by atoms with Crippen LogP contribution in [-0.2, 0) is 0 Å². The smallest absolute Gasteiger partial charge is 0.348 e. The number of carbonyl (C=O) groups excluding carboxylic acids is 1. The van der Waals surface area contributed by atoms with Crippen molar-refractivity contribution in [1.82, 2.24) is 5.32 Å². The first-order valence-electron chi connectivity index (χ1n) is 10.6. The van der Waals surface area contributed by atoms with Crippen molar-refractivity contribution in [2.24, 2.45) is 0 Å². The van der Waals surface area contributed by atoms with Gasteiger partial charge in [-0.1, -0.05) is 88.6 Å². The number of carboxylic acids is 1. The maximum Gasteiger partial charge on any atom is 0.348 e. The largest absolute Gasteiger partial charge is 0.477 e. The van der Waals surface area contributed by atoms with Crippen LogP contribution in [0.1, 0.15) is 74.4 Å². The number of anilines is 1. The summed E-state index contributed by atoms with van der Waals surface area (Å²) in [6.45, 7) is 2.82. The first-order valence-corrected chi connectivity index (χ1v) is 11.5. The summed E-state index contributed by atoms with van der Waals surface area (Å²) < 4.78 is 0. The summed E-state index contributed by atoms with van der Waals surface area (Å²) in [5.41, 5.74) is 1.97. The van der Waals surface area contributed by atoms with Crippen molar-refractivity contribution in [1.29, 1.82) is 0 Å². The molecular weight excluding hydrogens is 384 g/mol. The SMILES string of the molecule is CCCCCCCCCCCNC(=O)Nc1c(-c2ccccc2)csc1C(=O)O. The van der Waals surface area contributed by atoms with E-state index in [1.165, 1.54) is 44.9 Å². The van der Waals surface area contributed by atoms with Crippen molar-refractivity contribution in [2.45, 2.75) is 64.7 Å². The van der Waals surface area contributed by atoms with Gasteiger partial charge in [0.1, 0.15) is 4.88 Å². The van der Waals surface area contributed by atoms with E-state index in [1.54, 1.807) is 5.38 Å². The Balaban J connectivity index is 1.76. The molecule has 0 saturated heterocycles. The second-order valence-corrected chi connectivity index (χ2v) is 8.11. The van der Waals surface area contributed by atoms with E-state index in [0.717, 1.165) is 35.3 Å². The van der Waals surface area contributed by atoms with Crippen LogP contribution >= 0.6 is 11.3 Å². The number of carboxylic acid groups (broad SMARTS) is 1. The summed E-state index contributed by atoms with van der Waals surface area (Å²) in [7, 11) is 0. The molecule has 1 heterocycles. The molecule has 0 saturated carbocycles. The van der Waals surface area contributed by atoms with Crippen LogP contribution in [0, 0.1) is 0 Å². The van der Waals surface area contributed by atoms with Crippen LogP contribution in [0.5, 0.6) is 0 Å². The Morgan fingerprint density at radius 3 is 2.17 bits per heavy atom. The number of benzene rings is 1.